The Bertz CT molecular complexity index is 416. The normalized spacial score (nSPS) is 21.6. The Kier molecular flexibility index (Phi) is 5.76. The maximum absolute atomic E-state index is 13.4. The van der Waals surface area contributed by atoms with E-state index < -0.39 is 0 Å². The first kappa shape index (κ1) is 15.2. The predicted molar refractivity (Wildman–Crippen MR) is 74.4 cm³/mol. The third-order valence-electron chi connectivity index (χ3n) is 3.42. The number of β-amino-alcohol motifs (C(OH)–C–C–N with tert-alkyl or cyclic N) is 1. The van der Waals surface area contributed by atoms with E-state index in [1.165, 1.54) is 6.07 Å². The van der Waals surface area contributed by atoms with Gasteiger partial charge in [-0.15, -0.1) is 0 Å². The van der Waals surface area contributed by atoms with Crippen molar-refractivity contribution >= 4 is 0 Å². The average molecular weight is 283 g/mol. The Labute approximate surface area is 119 Å². The van der Waals surface area contributed by atoms with E-state index in [9.17, 15) is 9.50 Å². The van der Waals surface area contributed by atoms with Gasteiger partial charge in [-0.05, 0) is 18.6 Å². The summed E-state index contributed by atoms with van der Waals surface area (Å²) in [5, 5.41) is 9.68. The van der Waals surface area contributed by atoms with Crippen LogP contribution in [0.3, 0.4) is 0 Å². The van der Waals surface area contributed by atoms with Crippen LogP contribution in [0, 0.1) is 5.82 Å². The van der Waals surface area contributed by atoms with Crippen LogP contribution in [0.4, 0.5) is 4.39 Å². The number of aliphatic hydroxyl groups excluding tert-OH is 1. The van der Waals surface area contributed by atoms with Crippen molar-refractivity contribution in [3.63, 3.8) is 0 Å². The van der Waals surface area contributed by atoms with Crippen molar-refractivity contribution in [1.82, 2.24) is 4.90 Å². The summed E-state index contributed by atoms with van der Waals surface area (Å²) in [7, 11) is 0. The van der Waals surface area contributed by atoms with Crippen LogP contribution in [-0.4, -0.2) is 55.1 Å². The molecular formula is C15H22FNO3. The lowest BCUT2D eigenvalue weighted by atomic mass is 10.2. The van der Waals surface area contributed by atoms with E-state index in [4.69, 9.17) is 9.47 Å². The molecule has 1 aliphatic heterocycles. The largest absolute Gasteiger partial charge is 0.488 e. The van der Waals surface area contributed by atoms with Gasteiger partial charge in [0.05, 0.1) is 12.7 Å². The van der Waals surface area contributed by atoms with Crippen LogP contribution < -0.4 is 4.74 Å². The molecule has 0 radical (unpaired) electrons. The van der Waals surface area contributed by atoms with Crippen LogP contribution >= 0.6 is 0 Å². The van der Waals surface area contributed by atoms with Gasteiger partial charge >= 0.3 is 0 Å². The monoisotopic (exact) mass is 283 g/mol. The molecule has 112 valence electrons. The number of morpholine rings is 1. The minimum atomic E-state index is -0.360. The molecule has 4 nitrogen and oxygen atoms in total. The van der Waals surface area contributed by atoms with Crippen LogP contribution in [0.2, 0.25) is 0 Å². The number of hydrogen-bond acceptors (Lipinski definition) is 4. The topological polar surface area (TPSA) is 41.9 Å². The van der Waals surface area contributed by atoms with E-state index in [0.717, 1.165) is 13.0 Å². The van der Waals surface area contributed by atoms with Crippen molar-refractivity contribution < 1.29 is 19.0 Å². The molecule has 0 aromatic heterocycles. The lowest BCUT2D eigenvalue weighted by Crippen LogP contribution is -2.47. The van der Waals surface area contributed by atoms with E-state index in [2.05, 4.69) is 4.90 Å². The first-order valence-electron chi connectivity index (χ1n) is 7.08. The van der Waals surface area contributed by atoms with Crippen molar-refractivity contribution in [3.8, 4) is 5.75 Å². The zero-order valence-corrected chi connectivity index (χ0v) is 11.8. The fourth-order valence-corrected chi connectivity index (χ4v) is 2.22. The number of hydrogen-bond donors (Lipinski definition) is 1. The van der Waals surface area contributed by atoms with Gasteiger partial charge in [-0.1, -0.05) is 19.1 Å². The van der Waals surface area contributed by atoms with Gasteiger partial charge in [-0.2, -0.15) is 0 Å². The van der Waals surface area contributed by atoms with Crippen molar-refractivity contribution in [2.75, 3.05) is 32.8 Å². The molecule has 5 heteroatoms. The predicted octanol–water partition coefficient (Wildman–Crippen LogP) is 1.68. The minimum Gasteiger partial charge on any atom is -0.488 e. The lowest BCUT2D eigenvalue weighted by molar-refractivity contribution is -0.0578. The summed E-state index contributed by atoms with van der Waals surface area (Å²) in [6, 6.07) is 6.36. The Morgan fingerprint density at radius 2 is 2.30 bits per heavy atom. The quantitative estimate of drug-likeness (QED) is 0.862. The summed E-state index contributed by atoms with van der Waals surface area (Å²) in [5.74, 6) is -0.108. The van der Waals surface area contributed by atoms with E-state index >= 15 is 0 Å². The molecule has 1 fully saturated rings. The van der Waals surface area contributed by atoms with Gasteiger partial charge in [-0.3, -0.25) is 4.90 Å². The highest BCUT2D eigenvalue weighted by Gasteiger charge is 2.22. The molecule has 1 heterocycles. The minimum absolute atomic E-state index is 0.0904. The average Bonchev–Trinajstić information content (AvgIpc) is 2.47. The van der Waals surface area contributed by atoms with Crippen LogP contribution in [0.25, 0.3) is 0 Å². The highest BCUT2D eigenvalue weighted by Crippen LogP contribution is 2.16. The second-order valence-electron chi connectivity index (χ2n) is 5.06. The molecule has 2 rings (SSSR count). The van der Waals surface area contributed by atoms with Crippen molar-refractivity contribution in [2.24, 2.45) is 0 Å². The first-order valence-corrected chi connectivity index (χ1v) is 7.08. The first-order chi connectivity index (χ1) is 9.69. The van der Waals surface area contributed by atoms with Crippen LogP contribution in [-0.2, 0) is 4.74 Å². The van der Waals surface area contributed by atoms with Crippen molar-refractivity contribution in [3.05, 3.63) is 30.1 Å². The summed E-state index contributed by atoms with van der Waals surface area (Å²) >= 11 is 0. The number of benzene rings is 1. The fourth-order valence-electron chi connectivity index (χ4n) is 2.22. The summed E-state index contributed by atoms with van der Waals surface area (Å²) < 4.78 is 24.5. The molecule has 1 aromatic carbocycles. The highest BCUT2D eigenvalue weighted by atomic mass is 19.1. The fraction of sp³-hybridized carbons (Fsp3) is 0.600. The second-order valence-corrected chi connectivity index (χ2v) is 5.06. The molecule has 0 saturated carbocycles. The Balaban J connectivity index is 1.80. The lowest BCUT2D eigenvalue weighted by Gasteiger charge is -2.33. The van der Waals surface area contributed by atoms with Gasteiger partial charge < -0.3 is 14.6 Å². The molecule has 2 unspecified atom stereocenters. The number of para-hydroxylation sites is 1. The summed E-state index contributed by atoms with van der Waals surface area (Å²) in [4.78, 5) is 2.16. The van der Waals surface area contributed by atoms with Gasteiger partial charge in [0.25, 0.3) is 0 Å². The Hall–Kier alpha value is -1.17. The summed E-state index contributed by atoms with van der Waals surface area (Å²) in [5.41, 5.74) is 0. The van der Waals surface area contributed by atoms with Crippen molar-refractivity contribution in [2.45, 2.75) is 25.6 Å². The number of nitrogens with zero attached hydrogens (tertiary/aromatic N) is 1. The van der Waals surface area contributed by atoms with Gasteiger partial charge in [0.1, 0.15) is 12.7 Å². The number of aliphatic hydroxyl groups is 1. The summed E-state index contributed by atoms with van der Waals surface area (Å²) in [6.45, 7) is 5.06. The molecule has 1 aromatic rings. The molecule has 1 N–H and O–H groups in total. The molecular weight excluding hydrogens is 261 g/mol. The standard InChI is InChI=1S/C15H22FNO3/c1-2-12(18)9-17-7-8-19-13(10-17)11-20-15-6-4-3-5-14(15)16/h3-6,12-13,18H,2,7-11H2,1H3. The van der Waals surface area contributed by atoms with E-state index in [1.807, 2.05) is 6.92 Å². The van der Waals surface area contributed by atoms with Crippen LogP contribution in [0.15, 0.2) is 24.3 Å². The molecule has 0 spiro atoms. The SMILES string of the molecule is CCC(O)CN1CCOC(COc2ccccc2F)C1. The summed E-state index contributed by atoms with van der Waals surface area (Å²) in [6.07, 6.45) is 0.349. The molecule has 1 aliphatic rings. The molecule has 0 aliphatic carbocycles. The number of ether oxygens (including phenoxy) is 2. The number of rotatable bonds is 6. The van der Waals surface area contributed by atoms with Crippen LogP contribution in [0.5, 0.6) is 5.75 Å². The Morgan fingerprint density at radius 3 is 3.05 bits per heavy atom. The maximum Gasteiger partial charge on any atom is 0.165 e. The van der Waals surface area contributed by atoms with Gasteiger partial charge in [0.2, 0.25) is 0 Å². The molecule has 0 amide bonds. The van der Waals surface area contributed by atoms with E-state index in [1.54, 1.807) is 18.2 Å². The van der Waals surface area contributed by atoms with E-state index in [-0.39, 0.29) is 23.8 Å². The van der Waals surface area contributed by atoms with Gasteiger partial charge in [0.15, 0.2) is 11.6 Å². The zero-order valence-electron chi connectivity index (χ0n) is 11.8. The highest BCUT2D eigenvalue weighted by molar-refractivity contribution is 5.23. The van der Waals surface area contributed by atoms with Crippen LogP contribution in [0.1, 0.15) is 13.3 Å². The zero-order chi connectivity index (χ0) is 14.4. The maximum atomic E-state index is 13.4. The second kappa shape index (κ2) is 7.57. The van der Waals surface area contributed by atoms with Crippen molar-refractivity contribution in [1.29, 1.82) is 0 Å². The van der Waals surface area contributed by atoms with Gasteiger partial charge in [-0.25, -0.2) is 4.39 Å². The third kappa shape index (κ3) is 4.44. The van der Waals surface area contributed by atoms with Gasteiger partial charge in [0, 0.05) is 19.6 Å². The number of halogens is 1. The molecule has 1 saturated heterocycles. The smallest absolute Gasteiger partial charge is 0.165 e. The molecule has 0 bridgehead atoms. The Morgan fingerprint density at radius 1 is 1.50 bits per heavy atom. The third-order valence-corrected chi connectivity index (χ3v) is 3.42. The van der Waals surface area contributed by atoms with E-state index in [0.29, 0.717) is 26.3 Å². The molecule has 2 atom stereocenters. The molecule has 20 heavy (non-hydrogen) atoms.